The van der Waals surface area contributed by atoms with Crippen molar-refractivity contribution in [2.45, 2.75) is 50.7 Å². The summed E-state index contributed by atoms with van der Waals surface area (Å²) < 4.78 is 60.4. The molecule has 4 aromatic rings. The SMILES string of the molecule is C[C@H]1C[C@@H](c2ccncc2Cc2ncc3ccc(-c4c(F)cc(CCO)cc4F)nn23)C[C@@H](N)[C@H]1OCCS(C)(=O)=O. The van der Waals surface area contributed by atoms with Crippen LogP contribution in [-0.4, -0.2) is 70.5 Å². The van der Waals surface area contributed by atoms with Gasteiger partial charge in [-0.15, -0.1) is 0 Å². The lowest BCUT2D eigenvalue weighted by Gasteiger charge is -2.39. The Morgan fingerprint density at radius 2 is 1.90 bits per heavy atom. The number of hydrogen-bond acceptors (Lipinski definition) is 8. The molecule has 1 fully saturated rings. The highest BCUT2D eigenvalue weighted by atomic mass is 32.2. The van der Waals surface area contributed by atoms with Gasteiger partial charge in [0.1, 0.15) is 27.3 Å². The Hall–Kier alpha value is -3.32. The van der Waals surface area contributed by atoms with Crippen molar-refractivity contribution in [2.24, 2.45) is 11.7 Å². The molecule has 12 heteroatoms. The van der Waals surface area contributed by atoms with Crippen molar-refractivity contribution in [1.82, 2.24) is 19.6 Å². The number of nitrogens with two attached hydrogens (primary N) is 1. The fraction of sp³-hybridized carbons (Fsp3) is 0.433. The summed E-state index contributed by atoms with van der Waals surface area (Å²) in [5.41, 5.74) is 9.52. The third kappa shape index (κ3) is 6.67. The van der Waals surface area contributed by atoms with Gasteiger partial charge in [0.05, 0.1) is 41.4 Å². The first kappa shape index (κ1) is 30.1. The summed E-state index contributed by atoms with van der Waals surface area (Å²) in [6.45, 7) is 1.98. The van der Waals surface area contributed by atoms with E-state index in [1.807, 2.05) is 6.07 Å². The molecule has 42 heavy (non-hydrogen) atoms. The van der Waals surface area contributed by atoms with E-state index in [0.717, 1.165) is 17.5 Å². The zero-order chi connectivity index (χ0) is 30.0. The molecule has 0 bridgehead atoms. The van der Waals surface area contributed by atoms with Crippen LogP contribution in [0.25, 0.3) is 16.8 Å². The van der Waals surface area contributed by atoms with Crippen LogP contribution in [0.15, 0.2) is 48.9 Å². The van der Waals surface area contributed by atoms with E-state index in [9.17, 15) is 17.2 Å². The fourth-order valence-corrected chi connectivity index (χ4v) is 6.33. The number of ether oxygens (including phenoxy) is 1. The third-order valence-corrected chi connectivity index (χ3v) is 8.81. The third-order valence-electron chi connectivity index (χ3n) is 7.90. The second kappa shape index (κ2) is 12.5. The molecule has 1 aliphatic rings. The summed E-state index contributed by atoms with van der Waals surface area (Å²) in [5, 5.41) is 13.7. The molecule has 0 spiro atoms. The molecule has 1 aromatic carbocycles. The van der Waals surface area contributed by atoms with E-state index in [2.05, 4.69) is 22.0 Å². The summed E-state index contributed by atoms with van der Waals surface area (Å²) in [6, 6.07) is 7.43. The number of benzene rings is 1. The molecule has 0 amide bonds. The first-order chi connectivity index (χ1) is 20.0. The first-order valence-corrected chi connectivity index (χ1v) is 16.0. The molecular weight excluding hydrogens is 564 g/mol. The Bertz CT molecular complexity index is 1640. The van der Waals surface area contributed by atoms with Crippen molar-refractivity contribution >= 4 is 15.4 Å². The molecule has 1 saturated carbocycles. The van der Waals surface area contributed by atoms with Crippen LogP contribution in [0, 0.1) is 17.6 Å². The molecule has 3 heterocycles. The summed E-state index contributed by atoms with van der Waals surface area (Å²) >= 11 is 0. The molecule has 3 N–H and O–H groups in total. The first-order valence-electron chi connectivity index (χ1n) is 13.9. The number of pyridine rings is 1. The number of aliphatic hydroxyl groups is 1. The van der Waals surface area contributed by atoms with Crippen LogP contribution < -0.4 is 5.73 Å². The van der Waals surface area contributed by atoms with Gasteiger partial charge in [-0.05, 0) is 78.1 Å². The van der Waals surface area contributed by atoms with Crippen molar-refractivity contribution < 1.29 is 27.0 Å². The minimum atomic E-state index is -3.12. The van der Waals surface area contributed by atoms with Crippen molar-refractivity contribution in [3.8, 4) is 11.3 Å². The lowest BCUT2D eigenvalue weighted by atomic mass is 9.73. The maximum Gasteiger partial charge on any atom is 0.149 e. The summed E-state index contributed by atoms with van der Waals surface area (Å²) in [6.07, 6.45) is 8.18. The standard InChI is InChI=1S/C30H35F2N5O4S/c1-18-11-20(14-26(33)30(18)41-9-10-42(2,39)40)23-5-7-34-16-21(23)15-28-35-17-22-3-4-27(36-37(22)28)29-24(31)12-19(6-8-38)13-25(29)32/h3-5,7,12-13,16-18,20,26,30,38H,6,8-11,14-15,33H2,1-2H3/t18-,20+,26+,30-/m0/s1. The zero-order valence-electron chi connectivity index (χ0n) is 23.6. The lowest BCUT2D eigenvalue weighted by molar-refractivity contribution is -0.0154. The van der Waals surface area contributed by atoms with Gasteiger partial charge in [-0.25, -0.2) is 26.7 Å². The van der Waals surface area contributed by atoms with Crippen molar-refractivity contribution in [3.05, 3.63) is 83.1 Å². The molecule has 3 aromatic heterocycles. The van der Waals surface area contributed by atoms with E-state index >= 15 is 0 Å². The molecule has 9 nitrogen and oxygen atoms in total. The largest absolute Gasteiger partial charge is 0.396 e. The molecule has 0 aliphatic heterocycles. The molecule has 5 rings (SSSR count). The number of fused-ring (bicyclic) bond motifs is 1. The van der Waals surface area contributed by atoms with Crippen LogP contribution >= 0.6 is 0 Å². The van der Waals surface area contributed by atoms with Gasteiger partial charge in [0, 0.05) is 37.7 Å². The number of aliphatic hydroxyl groups excluding tert-OH is 1. The van der Waals surface area contributed by atoms with Gasteiger partial charge in [-0.3, -0.25) is 4.98 Å². The number of halogens is 2. The Labute approximate surface area is 243 Å². The second-order valence-electron chi connectivity index (χ2n) is 11.2. The maximum absolute atomic E-state index is 14.9. The fourth-order valence-electron chi connectivity index (χ4n) is 5.93. The van der Waals surface area contributed by atoms with Gasteiger partial charge in [-0.2, -0.15) is 5.10 Å². The molecule has 4 atom stereocenters. The van der Waals surface area contributed by atoms with Crippen molar-refractivity contribution in [2.75, 3.05) is 25.2 Å². The van der Waals surface area contributed by atoms with Crippen LogP contribution in [0.4, 0.5) is 8.78 Å². The highest BCUT2D eigenvalue weighted by Gasteiger charge is 2.36. The Kier molecular flexibility index (Phi) is 8.97. The van der Waals surface area contributed by atoms with Crippen LogP contribution in [-0.2, 0) is 27.4 Å². The average molecular weight is 600 g/mol. The number of nitrogens with zero attached hydrogens (tertiary/aromatic N) is 4. The zero-order valence-corrected chi connectivity index (χ0v) is 24.4. The van der Waals surface area contributed by atoms with Crippen LogP contribution in [0.2, 0.25) is 0 Å². The quantitative estimate of drug-likeness (QED) is 0.283. The predicted octanol–water partition coefficient (Wildman–Crippen LogP) is 3.47. The molecule has 0 saturated heterocycles. The van der Waals surface area contributed by atoms with Gasteiger partial charge in [0.15, 0.2) is 0 Å². The predicted molar refractivity (Wildman–Crippen MR) is 155 cm³/mol. The topological polar surface area (TPSA) is 133 Å². The lowest BCUT2D eigenvalue weighted by Crippen LogP contribution is -2.47. The molecule has 0 unspecified atom stereocenters. The van der Waals surface area contributed by atoms with Crippen LogP contribution in [0.5, 0.6) is 0 Å². The van der Waals surface area contributed by atoms with Gasteiger partial charge >= 0.3 is 0 Å². The maximum atomic E-state index is 14.9. The summed E-state index contributed by atoms with van der Waals surface area (Å²) in [4.78, 5) is 8.90. The highest BCUT2D eigenvalue weighted by molar-refractivity contribution is 7.90. The highest BCUT2D eigenvalue weighted by Crippen LogP contribution is 2.38. The normalized spacial score (nSPS) is 21.2. The molecular formula is C30H35F2N5O4S. The minimum Gasteiger partial charge on any atom is -0.396 e. The summed E-state index contributed by atoms with van der Waals surface area (Å²) in [7, 11) is -3.12. The van der Waals surface area contributed by atoms with E-state index in [4.69, 9.17) is 15.6 Å². The van der Waals surface area contributed by atoms with Crippen LogP contribution in [0.1, 0.15) is 48.2 Å². The Balaban J connectivity index is 1.38. The average Bonchev–Trinajstić information content (AvgIpc) is 3.31. The molecule has 224 valence electrons. The smallest absolute Gasteiger partial charge is 0.149 e. The van der Waals surface area contributed by atoms with E-state index in [-0.39, 0.29) is 60.6 Å². The van der Waals surface area contributed by atoms with E-state index < -0.39 is 21.5 Å². The van der Waals surface area contributed by atoms with Crippen LogP contribution in [0.3, 0.4) is 0 Å². The Morgan fingerprint density at radius 1 is 1.14 bits per heavy atom. The number of aromatic nitrogens is 4. The Morgan fingerprint density at radius 3 is 2.60 bits per heavy atom. The number of imidazole rings is 1. The monoisotopic (exact) mass is 599 g/mol. The molecule has 0 radical (unpaired) electrons. The number of sulfone groups is 1. The minimum absolute atomic E-state index is 0.0385. The van der Waals surface area contributed by atoms with Gasteiger partial charge in [0.25, 0.3) is 0 Å². The number of rotatable bonds is 10. The van der Waals surface area contributed by atoms with Crippen molar-refractivity contribution in [1.29, 1.82) is 0 Å². The van der Waals surface area contributed by atoms with Gasteiger partial charge in [0.2, 0.25) is 0 Å². The summed E-state index contributed by atoms with van der Waals surface area (Å²) in [5.74, 6) is -0.689. The van der Waals surface area contributed by atoms with E-state index in [1.165, 1.54) is 18.4 Å². The molecule has 1 aliphatic carbocycles. The van der Waals surface area contributed by atoms with E-state index in [1.54, 1.807) is 35.2 Å². The second-order valence-corrected chi connectivity index (χ2v) is 13.4. The van der Waals surface area contributed by atoms with Gasteiger partial charge < -0.3 is 15.6 Å². The van der Waals surface area contributed by atoms with Crippen molar-refractivity contribution in [3.63, 3.8) is 0 Å². The number of hydrogen-bond donors (Lipinski definition) is 2. The van der Waals surface area contributed by atoms with E-state index in [0.29, 0.717) is 29.7 Å². The van der Waals surface area contributed by atoms with Gasteiger partial charge in [-0.1, -0.05) is 6.92 Å².